The Kier molecular flexibility index (Phi) is 13.8. The fourth-order valence-electron chi connectivity index (χ4n) is 1.36. The van der Waals surface area contributed by atoms with Gasteiger partial charge in [0.15, 0.2) is 0 Å². The minimum absolute atomic E-state index is 0.0273. The quantitative estimate of drug-likeness (QED) is 0.629. The second kappa shape index (κ2) is 12.0. The lowest BCUT2D eigenvalue weighted by Gasteiger charge is -2.30. The zero-order valence-corrected chi connectivity index (χ0v) is 11.3. The lowest BCUT2D eigenvalue weighted by atomic mass is 9.88. The fraction of sp³-hybridized carbons (Fsp3) is 1.00. The van der Waals surface area contributed by atoms with Gasteiger partial charge in [-0.15, -0.1) is 0 Å². The Labute approximate surface area is 95.1 Å². The minimum atomic E-state index is 0.0273. The molecule has 0 aliphatic rings. The summed E-state index contributed by atoms with van der Waals surface area (Å²) in [6, 6.07) is 0. The van der Waals surface area contributed by atoms with Gasteiger partial charge in [0, 0.05) is 26.2 Å². The van der Waals surface area contributed by atoms with Crippen LogP contribution in [-0.2, 0) is 14.2 Å². The molecule has 0 N–H and O–H groups in total. The molecule has 3 heteroatoms. The molecule has 0 amide bonds. The zero-order chi connectivity index (χ0) is 12.2. The van der Waals surface area contributed by atoms with Crippen molar-refractivity contribution in [2.75, 3.05) is 40.6 Å². The Balaban J connectivity index is 0. The molecular formula is C12H28O3. The van der Waals surface area contributed by atoms with E-state index < -0.39 is 0 Å². The number of ether oxygens (including phenoxy) is 3. The van der Waals surface area contributed by atoms with Gasteiger partial charge in [-0.3, -0.25) is 0 Å². The number of rotatable bonds is 8. The van der Waals surface area contributed by atoms with Crippen LogP contribution in [0.1, 0.15) is 34.1 Å². The van der Waals surface area contributed by atoms with Gasteiger partial charge in [0.05, 0.1) is 19.8 Å². The molecule has 3 nitrogen and oxygen atoms in total. The molecule has 15 heavy (non-hydrogen) atoms. The lowest BCUT2D eigenvalue weighted by molar-refractivity contribution is -0.0497. The van der Waals surface area contributed by atoms with Crippen LogP contribution in [0, 0.1) is 5.41 Å². The van der Waals surface area contributed by atoms with E-state index in [0.29, 0.717) is 19.8 Å². The first kappa shape index (κ1) is 17.3. The van der Waals surface area contributed by atoms with E-state index in [1.54, 1.807) is 14.2 Å². The smallest absolute Gasteiger partial charge is 0.0566 e. The number of hydrogen-bond donors (Lipinski definition) is 0. The van der Waals surface area contributed by atoms with Gasteiger partial charge in [-0.2, -0.15) is 0 Å². The van der Waals surface area contributed by atoms with Crippen LogP contribution in [0.5, 0.6) is 0 Å². The molecule has 0 bridgehead atoms. The average Bonchev–Trinajstić information content (AvgIpc) is 2.29. The van der Waals surface area contributed by atoms with Gasteiger partial charge in [-0.1, -0.05) is 20.8 Å². The number of methoxy groups -OCH3 is 2. The van der Waals surface area contributed by atoms with Gasteiger partial charge >= 0.3 is 0 Å². The van der Waals surface area contributed by atoms with Gasteiger partial charge in [0.2, 0.25) is 0 Å². The molecule has 94 valence electrons. The van der Waals surface area contributed by atoms with Gasteiger partial charge in [0.25, 0.3) is 0 Å². The molecular weight excluding hydrogens is 192 g/mol. The molecule has 0 aliphatic heterocycles. The van der Waals surface area contributed by atoms with Crippen molar-refractivity contribution in [2.24, 2.45) is 5.41 Å². The van der Waals surface area contributed by atoms with Crippen molar-refractivity contribution >= 4 is 0 Å². The van der Waals surface area contributed by atoms with E-state index >= 15 is 0 Å². The Hall–Kier alpha value is -0.120. The largest absolute Gasteiger partial charge is 0.384 e. The average molecular weight is 220 g/mol. The van der Waals surface area contributed by atoms with Crippen molar-refractivity contribution in [3.63, 3.8) is 0 Å². The van der Waals surface area contributed by atoms with Crippen molar-refractivity contribution in [1.82, 2.24) is 0 Å². The van der Waals surface area contributed by atoms with Crippen LogP contribution < -0.4 is 0 Å². The molecule has 0 rings (SSSR count). The van der Waals surface area contributed by atoms with Crippen molar-refractivity contribution < 1.29 is 14.2 Å². The third-order valence-electron chi connectivity index (χ3n) is 2.26. The Morgan fingerprint density at radius 2 is 1.33 bits per heavy atom. The predicted octanol–water partition coefficient (Wildman–Crippen LogP) is 2.74. The summed E-state index contributed by atoms with van der Waals surface area (Å²) in [6.45, 7) is 11.0. The molecule has 0 aromatic carbocycles. The Bertz CT molecular complexity index is 109. The Morgan fingerprint density at radius 1 is 0.867 bits per heavy atom. The van der Waals surface area contributed by atoms with Gasteiger partial charge in [-0.05, 0) is 13.3 Å². The van der Waals surface area contributed by atoms with Gasteiger partial charge in [-0.25, -0.2) is 0 Å². The second-order valence-corrected chi connectivity index (χ2v) is 3.36. The van der Waals surface area contributed by atoms with Crippen LogP contribution in [0.25, 0.3) is 0 Å². The summed E-state index contributed by atoms with van der Waals surface area (Å²) in [6.07, 6.45) is 1.01. The summed E-state index contributed by atoms with van der Waals surface area (Å²) in [5.74, 6) is 0. The van der Waals surface area contributed by atoms with Crippen LogP contribution in [0.2, 0.25) is 0 Å². The normalized spacial score (nSPS) is 10.8. The molecule has 0 spiro atoms. The first-order chi connectivity index (χ1) is 7.24. The molecule has 0 aromatic heterocycles. The van der Waals surface area contributed by atoms with E-state index in [1.165, 1.54) is 0 Å². The fourth-order valence-corrected chi connectivity index (χ4v) is 1.36. The highest BCUT2D eigenvalue weighted by molar-refractivity contribution is 4.77. The summed E-state index contributed by atoms with van der Waals surface area (Å²) in [7, 11) is 3.43. The zero-order valence-electron chi connectivity index (χ0n) is 11.3. The molecule has 0 aromatic rings. The van der Waals surface area contributed by atoms with E-state index in [2.05, 4.69) is 6.92 Å². The van der Waals surface area contributed by atoms with E-state index in [9.17, 15) is 0 Å². The van der Waals surface area contributed by atoms with Crippen LogP contribution in [0.15, 0.2) is 0 Å². The highest BCUT2D eigenvalue weighted by atomic mass is 16.5. The maximum absolute atomic E-state index is 5.44. The van der Waals surface area contributed by atoms with Crippen molar-refractivity contribution in [1.29, 1.82) is 0 Å². The van der Waals surface area contributed by atoms with Crippen LogP contribution in [0.4, 0.5) is 0 Å². The second-order valence-electron chi connectivity index (χ2n) is 3.36. The van der Waals surface area contributed by atoms with E-state index in [0.717, 1.165) is 13.0 Å². The van der Waals surface area contributed by atoms with Crippen molar-refractivity contribution in [3.05, 3.63) is 0 Å². The first-order valence-electron chi connectivity index (χ1n) is 5.80. The highest BCUT2D eigenvalue weighted by Crippen LogP contribution is 2.23. The molecule has 0 unspecified atom stereocenters. The molecule has 0 heterocycles. The van der Waals surface area contributed by atoms with Gasteiger partial charge < -0.3 is 14.2 Å². The maximum Gasteiger partial charge on any atom is 0.0566 e. The lowest BCUT2D eigenvalue weighted by Crippen LogP contribution is -2.36. The van der Waals surface area contributed by atoms with E-state index in [4.69, 9.17) is 14.2 Å². The third-order valence-corrected chi connectivity index (χ3v) is 2.26. The summed E-state index contributed by atoms with van der Waals surface area (Å²) in [5.41, 5.74) is 0.0273. The Morgan fingerprint density at radius 3 is 1.60 bits per heavy atom. The predicted molar refractivity (Wildman–Crippen MR) is 64.3 cm³/mol. The third kappa shape index (κ3) is 7.77. The van der Waals surface area contributed by atoms with Gasteiger partial charge in [0.1, 0.15) is 0 Å². The first-order valence-corrected chi connectivity index (χ1v) is 5.80. The molecule has 0 fully saturated rings. The van der Waals surface area contributed by atoms with Crippen LogP contribution >= 0.6 is 0 Å². The van der Waals surface area contributed by atoms with Crippen LogP contribution in [-0.4, -0.2) is 40.6 Å². The summed E-state index contributed by atoms with van der Waals surface area (Å²) >= 11 is 0. The van der Waals surface area contributed by atoms with E-state index in [-0.39, 0.29) is 5.41 Å². The molecule has 0 aliphatic carbocycles. The number of hydrogen-bond acceptors (Lipinski definition) is 3. The topological polar surface area (TPSA) is 27.7 Å². The highest BCUT2D eigenvalue weighted by Gasteiger charge is 2.28. The molecule has 0 saturated carbocycles. The molecule has 0 atom stereocenters. The van der Waals surface area contributed by atoms with Crippen molar-refractivity contribution in [2.45, 2.75) is 34.1 Å². The summed E-state index contributed by atoms with van der Waals surface area (Å²) < 4.78 is 15.8. The molecule has 0 radical (unpaired) electrons. The van der Waals surface area contributed by atoms with Crippen LogP contribution in [0.3, 0.4) is 0 Å². The monoisotopic (exact) mass is 220 g/mol. The SMILES string of the molecule is CC.CCOCC(CC)(COC)COC. The maximum atomic E-state index is 5.44. The molecule has 0 saturated heterocycles. The van der Waals surface area contributed by atoms with Crippen molar-refractivity contribution in [3.8, 4) is 0 Å². The summed E-state index contributed by atoms with van der Waals surface area (Å²) in [5, 5.41) is 0. The standard InChI is InChI=1S/C10H22O3.C2H6/c1-5-10(7-11-3,8-12-4)9-13-6-2;1-2/h5-9H2,1-4H3;1-2H3. The summed E-state index contributed by atoms with van der Waals surface area (Å²) in [4.78, 5) is 0. The van der Waals surface area contributed by atoms with E-state index in [1.807, 2.05) is 20.8 Å². The minimum Gasteiger partial charge on any atom is -0.384 e.